The lowest BCUT2D eigenvalue weighted by atomic mass is 9.70. The van der Waals surface area contributed by atoms with Crippen molar-refractivity contribution in [1.82, 2.24) is 4.90 Å². The smallest absolute Gasteiger partial charge is 0.334 e. The first-order chi connectivity index (χ1) is 17.6. The fourth-order valence-corrected chi connectivity index (χ4v) is 6.47. The molecule has 7 heteroatoms. The first-order valence-corrected chi connectivity index (χ1v) is 14.2. The van der Waals surface area contributed by atoms with E-state index in [0.717, 1.165) is 61.3 Å². The van der Waals surface area contributed by atoms with Gasteiger partial charge in [-0.3, -0.25) is 4.99 Å². The van der Waals surface area contributed by atoms with E-state index in [9.17, 15) is 9.90 Å². The van der Waals surface area contributed by atoms with Crippen molar-refractivity contribution in [2.45, 2.75) is 82.8 Å². The van der Waals surface area contributed by atoms with Gasteiger partial charge in [-0.05, 0) is 93.3 Å². The lowest BCUT2D eigenvalue weighted by Gasteiger charge is -2.42. The van der Waals surface area contributed by atoms with Crippen LogP contribution in [0.3, 0.4) is 0 Å². The predicted molar refractivity (Wildman–Crippen MR) is 154 cm³/mol. The molecule has 1 aliphatic heterocycles. The molecule has 1 aliphatic carbocycles. The Bertz CT molecular complexity index is 1080. The van der Waals surface area contributed by atoms with E-state index in [-0.39, 0.29) is 11.6 Å². The summed E-state index contributed by atoms with van der Waals surface area (Å²) in [5.74, 6) is 0.186. The van der Waals surface area contributed by atoms with Gasteiger partial charge in [-0.15, -0.1) is 0 Å². The molecule has 0 spiro atoms. The Kier molecular flexibility index (Phi) is 8.75. The molecule has 200 valence electrons. The molecule has 0 radical (unpaired) electrons. The van der Waals surface area contributed by atoms with Crippen LogP contribution in [0.15, 0.2) is 53.5 Å². The SMILES string of the molecule is CCCN1C=NC(Cc2ccc(Cl)cc2)(C(=O)O)C1CC1CCC(C(C)(C)Nc2ccc(Cl)cc2)CC1. The number of hydrogen-bond donors (Lipinski definition) is 2. The van der Waals surface area contributed by atoms with Gasteiger partial charge < -0.3 is 15.3 Å². The van der Waals surface area contributed by atoms with Crippen molar-refractivity contribution < 1.29 is 9.90 Å². The molecule has 1 heterocycles. The van der Waals surface area contributed by atoms with Crippen LogP contribution in [-0.2, 0) is 11.2 Å². The summed E-state index contributed by atoms with van der Waals surface area (Å²) in [6.07, 6.45) is 8.41. The van der Waals surface area contributed by atoms with Gasteiger partial charge in [-0.25, -0.2) is 4.79 Å². The van der Waals surface area contributed by atoms with Crippen molar-refractivity contribution in [2.24, 2.45) is 16.8 Å². The summed E-state index contributed by atoms with van der Waals surface area (Å²) >= 11 is 12.1. The maximum atomic E-state index is 12.8. The Hall–Kier alpha value is -2.24. The molecule has 0 aromatic heterocycles. The minimum absolute atomic E-state index is 0.0388. The van der Waals surface area contributed by atoms with Crippen LogP contribution in [0.1, 0.15) is 64.9 Å². The second kappa shape index (κ2) is 11.7. The number of aliphatic imine (C=N–C) groups is 1. The number of carboxylic acids is 1. The van der Waals surface area contributed by atoms with Gasteiger partial charge in [-0.2, -0.15) is 0 Å². The summed E-state index contributed by atoms with van der Waals surface area (Å²) in [4.78, 5) is 19.7. The number of nitrogens with one attached hydrogen (secondary N) is 1. The summed E-state index contributed by atoms with van der Waals surface area (Å²) in [7, 11) is 0. The third-order valence-electron chi connectivity index (χ3n) is 8.36. The molecule has 2 aromatic carbocycles. The number of benzene rings is 2. The molecule has 1 fully saturated rings. The highest BCUT2D eigenvalue weighted by Crippen LogP contribution is 2.42. The number of carbonyl (C=O) groups is 1. The van der Waals surface area contributed by atoms with E-state index in [0.29, 0.717) is 23.3 Å². The zero-order valence-corrected chi connectivity index (χ0v) is 23.6. The third-order valence-corrected chi connectivity index (χ3v) is 8.87. The minimum Gasteiger partial charge on any atom is -0.479 e. The molecule has 1 saturated carbocycles. The van der Waals surface area contributed by atoms with Gasteiger partial charge in [0.15, 0.2) is 5.54 Å². The van der Waals surface area contributed by atoms with E-state index in [1.165, 1.54) is 0 Å². The number of anilines is 1. The molecule has 2 aliphatic rings. The van der Waals surface area contributed by atoms with Crippen LogP contribution >= 0.6 is 23.2 Å². The quantitative estimate of drug-likeness (QED) is 0.324. The Labute approximate surface area is 231 Å². The molecule has 4 rings (SSSR count). The van der Waals surface area contributed by atoms with Crippen molar-refractivity contribution in [3.63, 3.8) is 0 Å². The average Bonchev–Trinajstić information content (AvgIpc) is 3.20. The van der Waals surface area contributed by atoms with Gasteiger partial charge in [0.25, 0.3) is 0 Å². The van der Waals surface area contributed by atoms with E-state index < -0.39 is 11.5 Å². The second-order valence-corrected chi connectivity index (χ2v) is 12.2. The van der Waals surface area contributed by atoms with E-state index in [1.54, 1.807) is 6.34 Å². The van der Waals surface area contributed by atoms with Gasteiger partial charge in [-0.1, -0.05) is 55.1 Å². The first-order valence-electron chi connectivity index (χ1n) is 13.5. The third kappa shape index (κ3) is 6.43. The van der Waals surface area contributed by atoms with Crippen LogP contribution < -0.4 is 5.32 Å². The summed E-state index contributed by atoms with van der Waals surface area (Å²) < 4.78 is 0. The second-order valence-electron chi connectivity index (χ2n) is 11.3. The van der Waals surface area contributed by atoms with E-state index in [4.69, 9.17) is 23.2 Å². The molecule has 0 saturated heterocycles. The highest BCUT2D eigenvalue weighted by molar-refractivity contribution is 6.30. The fourth-order valence-electron chi connectivity index (χ4n) is 6.21. The largest absolute Gasteiger partial charge is 0.479 e. The molecule has 37 heavy (non-hydrogen) atoms. The first kappa shape index (κ1) is 27.8. The van der Waals surface area contributed by atoms with Gasteiger partial charge in [0.2, 0.25) is 0 Å². The molecule has 0 amide bonds. The highest BCUT2D eigenvalue weighted by atomic mass is 35.5. The Morgan fingerprint density at radius 2 is 1.65 bits per heavy atom. The summed E-state index contributed by atoms with van der Waals surface area (Å²) in [6, 6.07) is 15.2. The van der Waals surface area contributed by atoms with E-state index >= 15 is 0 Å². The van der Waals surface area contributed by atoms with Crippen molar-refractivity contribution in [3.05, 3.63) is 64.1 Å². The molecule has 2 aromatic rings. The topological polar surface area (TPSA) is 64.9 Å². The van der Waals surface area contributed by atoms with E-state index in [2.05, 4.69) is 36.0 Å². The fraction of sp³-hybridized carbons (Fsp3) is 0.533. The predicted octanol–water partition coefficient (Wildman–Crippen LogP) is 7.57. The normalized spacial score (nSPS) is 25.9. The number of rotatable bonds is 10. The average molecular weight is 545 g/mol. The molecule has 5 nitrogen and oxygen atoms in total. The zero-order chi connectivity index (χ0) is 26.6. The molecule has 0 bridgehead atoms. The van der Waals surface area contributed by atoms with Gasteiger partial charge in [0, 0.05) is 34.2 Å². The molecule has 2 unspecified atom stereocenters. The summed E-state index contributed by atoms with van der Waals surface area (Å²) in [5.41, 5.74) is 0.826. The maximum Gasteiger partial charge on any atom is 0.334 e. The number of halogens is 2. The van der Waals surface area contributed by atoms with Crippen molar-refractivity contribution in [3.8, 4) is 0 Å². The number of nitrogens with zero attached hydrogens (tertiary/aromatic N) is 2. The van der Waals surface area contributed by atoms with Crippen LogP contribution in [0, 0.1) is 11.8 Å². The van der Waals surface area contributed by atoms with Gasteiger partial charge in [0.05, 0.1) is 12.4 Å². The zero-order valence-electron chi connectivity index (χ0n) is 22.1. The Morgan fingerprint density at radius 1 is 1.05 bits per heavy atom. The van der Waals surface area contributed by atoms with Crippen LogP contribution in [0.2, 0.25) is 10.0 Å². The van der Waals surface area contributed by atoms with Crippen molar-refractivity contribution in [1.29, 1.82) is 0 Å². The molecule has 2 N–H and O–H groups in total. The minimum atomic E-state index is -1.17. The lowest BCUT2D eigenvalue weighted by Crippen LogP contribution is -2.53. The van der Waals surface area contributed by atoms with Crippen LogP contribution in [0.4, 0.5) is 5.69 Å². The number of aliphatic carboxylic acids is 1. The van der Waals surface area contributed by atoms with Crippen molar-refractivity contribution in [2.75, 3.05) is 11.9 Å². The monoisotopic (exact) mass is 543 g/mol. The maximum absolute atomic E-state index is 12.8. The molecular weight excluding hydrogens is 505 g/mol. The van der Waals surface area contributed by atoms with Crippen molar-refractivity contribution >= 4 is 41.2 Å². The van der Waals surface area contributed by atoms with Crippen LogP contribution in [-0.4, -0.2) is 46.0 Å². The number of carboxylic acid groups (broad SMARTS) is 1. The lowest BCUT2D eigenvalue weighted by molar-refractivity contribution is -0.145. The van der Waals surface area contributed by atoms with E-state index in [1.807, 2.05) is 48.5 Å². The Balaban J connectivity index is 1.44. The highest BCUT2D eigenvalue weighted by Gasteiger charge is 2.52. The number of hydrogen-bond acceptors (Lipinski definition) is 4. The van der Waals surface area contributed by atoms with Gasteiger partial charge >= 0.3 is 5.97 Å². The summed E-state index contributed by atoms with van der Waals surface area (Å²) in [6.45, 7) is 7.51. The summed E-state index contributed by atoms with van der Waals surface area (Å²) in [5, 5.41) is 15.6. The van der Waals surface area contributed by atoms with Crippen LogP contribution in [0.5, 0.6) is 0 Å². The molecule has 2 atom stereocenters. The Morgan fingerprint density at radius 3 is 2.22 bits per heavy atom. The van der Waals surface area contributed by atoms with Crippen LogP contribution in [0.25, 0.3) is 0 Å². The van der Waals surface area contributed by atoms with Gasteiger partial charge in [0.1, 0.15) is 0 Å². The standard InChI is InChI=1S/C30H39Cl2N3O2/c1-4-17-35-20-33-30(28(36)37,19-22-7-11-24(31)12-8-22)27(35)18-21-5-9-23(10-6-21)29(2,3)34-26-15-13-25(32)14-16-26/h7-8,11-16,20-21,23,27,34H,4-6,9-10,17-19H2,1-3H3,(H,36,37). The molecular formula is C30H39Cl2N3O2.